The monoisotopic (exact) mass is 419 g/mol. The first-order valence-corrected chi connectivity index (χ1v) is 11.9. The van der Waals surface area contributed by atoms with Gasteiger partial charge in [0.2, 0.25) is 11.7 Å². The number of furan rings is 1. The molecule has 0 saturated carbocycles. The smallest absolute Gasteiger partial charge is 0.374 e. The highest BCUT2D eigenvalue weighted by Crippen LogP contribution is 2.10. The first kappa shape index (κ1) is 26.0. The number of hydrogen-bond acceptors (Lipinski definition) is 4. The molecule has 5 heteroatoms. The Balaban J connectivity index is 1.81. The largest absolute Gasteiger partial charge is 0.458 e. The number of carbonyl (C=O) groups is 2. The van der Waals surface area contributed by atoms with Gasteiger partial charge in [-0.25, -0.2) is 4.79 Å². The second-order valence-corrected chi connectivity index (χ2v) is 7.80. The number of nitrogens with one attached hydrogen (secondary N) is 1. The molecule has 1 heterocycles. The van der Waals surface area contributed by atoms with E-state index in [4.69, 9.17) is 9.15 Å². The van der Waals surface area contributed by atoms with E-state index in [1.165, 1.54) is 76.9 Å². The Kier molecular flexibility index (Phi) is 16.4. The molecule has 0 aliphatic heterocycles. The van der Waals surface area contributed by atoms with Gasteiger partial charge in [0.15, 0.2) is 0 Å². The van der Waals surface area contributed by atoms with Gasteiger partial charge in [-0.3, -0.25) is 4.79 Å². The van der Waals surface area contributed by atoms with E-state index < -0.39 is 5.97 Å². The molecule has 0 aliphatic carbocycles. The van der Waals surface area contributed by atoms with Crippen LogP contribution < -0.4 is 5.32 Å². The molecular weight excluding hydrogens is 378 g/mol. The van der Waals surface area contributed by atoms with Gasteiger partial charge < -0.3 is 14.5 Å². The highest BCUT2D eigenvalue weighted by Gasteiger charge is 2.09. The van der Waals surface area contributed by atoms with Crippen LogP contribution in [0.2, 0.25) is 0 Å². The lowest BCUT2D eigenvalue weighted by Crippen LogP contribution is -2.27. The molecule has 0 unspecified atom stereocenters. The number of allylic oxidation sites excluding steroid dienone is 2. The number of hydrogen-bond donors (Lipinski definition) is 1. The molecule has 0 fully saturated rings. The molecule has 1 N–H and O–H groups in total. The molecule has 0 atom stereocenters. The van der Waals surface area contributed by atoms with Crippen LogP contribution in [0.1, 0.15) is 107 Å². The maximum absolute atomic E-state index is 11.8. The van der Waals surface area contributed by atoms with Crippen LogP contribution >= 0.6 is 0 Å². The van der Waals surface area contributed by atoms with Crippen molar-refractivity contribution in [1.29, 1.82) is 0 Å². The van der Waals surface area contributed by atoms with Crippen LogP contribution in [0.4, 0.5) is 0 Å². The summed E-state index contributed by atoms with van der Waals surface area (Å²) in [5.41, 5.74) is 0. The minimum atomic E-state index is -0.508. The van der Waals surface area contributed by atoms with E-state index in [-0.39, 0.29) is 18.3 Å². The van der Waals surface area contributed by atoms with Gasteiger partial charge in [0.05, 0.1) is 12.8 Å². The molecule has 0 aromatic carbocycles. The zero-order valence-electron chi connectivity index (χ0n) is 18.8. The van der Waals surface area contributed by atoms with E-state index in [2.05, 4.69) is 24.4 Å². The highest BCUT2D eigenvalue weighted by molar-refractivity contribution is 5.86. The van der Waals surface area contributed by atoms with Crippen molar-refractivity contribution >= 4 is 11.9 Å². The molecule has 5 nitrogen and oxygen atoms in total. The maximum atomic E-state index is 11.8. The summed E-state index contributed by atoms with van der Waals surface area (Å²) in [6.07, 6.45) is 22.8. The van der Waals surface area contributed by atoms with Gasteiger partial charge >= 0.3 is 5.97 Å². The molecule has 0 saturated heterocycles. The Morgan fingerprint density at radius 1 is 0.933 bits per heavy atom. The van der Waals surface area contributed by atoms with Crippen molar-refractivity contribution < 1.29 is 18.7 Å². The molecule has 0 radical (unpaired) electrons. The van der Waals surface area contributed by atoms with Gasteiger partial charge in [-0.2, -0.15) is 0 Å². The highest BCUT2D eigenvalue weighted by atomic mass is 16.5. The Bertz CT molecular complexity index is 566. The summed E-state index contributed by atoms with van der Waals surface area (Å²) in [7, 11) is 0. The van der Waals surface area contributed by atoms with E-state index in [0.29, 0.717) is 13.0 Å². The van der Waals surface area contributed by atoms with Crippen LogP contribution in [-0.4, -0.2) is 25.0 Å². The average molecular weight is 420 g/mol. The van der Waals surface area contributed by atoms with Crippen LogP contribution in [0, 0.1) is 0 Å². The third-order valence-corrected chi connectivity index (χ3v) is 5.05. The zero-order valence-corrected chi connectivity index (χ0v) is 18.8. The number of amides is 1. The Morgan fingerprint density at radius 3 is 2.20 bits per heavy atom. The van der Waals surface area contributed by atoms with Crippen molar-refractivity contribution in [3.63, 3.8) is 0 Å². The number of unbranched alkanes of at least 4 members (excludes halogenated alkanes) is 11. The van der Waals surface area contributed by atoms with Crippen LogP contribution in [0.25, 0.3) is 0 Å². The second kappa shape index (κ2) is 19.0. The fraction of sp³-hybridized carbons (Fsp3) is 0.680. The van der Waals surface area contributed by atoms with Crippen molar-refractivity contribution in [2.75, 3.05) is 13.2 Å². The number of ether oxygens (including phenoxy) is 1. The molecule has 30 heavy (non-hydrogen) atoms. The van der Waals surface area contributed by atoms with E-state index in [1.54, 1.807) is 12.1 Å². The standard InChI is InChI=1S/C25H41NO4/c1-2-3-4-5-6-7-8-9-10-11-12-13-14-15-16-19-24(27)26-20-22-30-25(28)23-18-17-21-29-23/h9-10,17-18,21H,2-8,11-16,19-20,22H2,1H3,(H,26,27)/b10-9-. The van der Waals surface area contributed by atoms with Gasteiger partial charge in [-0.1, -0.05) is 70.4 Å². The second-order valence-electron chi connectivity index (χ2n) is 7.80. The number of rotatable bonds is 19. The zero-order chi connectivity index (χ0) is 21.7. The lowest BCUT2D eigenvalue weighted by atomic mass is 10.1. The topological polar surface area (TPSA) is 68.5 Å². The van der Waals surface area contributed by atoms with Gasteiger partial charge in [0.1, 0.15) is 6.61 Å². The molecule has 1 aromatic rings. The molecule has 170 valence electrons. The van der Waals surface area contributed by atoms with Crippen molar-refractivity contribution in [2.45, 2.75) is 96.8 Å². The van der Waals surface area contributed by atoms with Crippen molar-refractivity contribution in [3.8, 4) is 0 Å². The summed E-state index contributed by atoms with van der Waals surface area (Å²) in [5, 5.41) is 2.78. The van der Waals surface area contributed by atoms with Gasteiger partial charge in [0, 0.05) is 6.42 Å². The van der Waals surface area contributed by atoms with Crippen LogP contribution in [0.5, 0.6) is 0 Å². The predicted octanol–water partition coefficient (Wildman–Crippen LogP) is 6.59. The summed E-state index contributed by atoms with van der Waals surface area (Å²) < 4.78 is 9.96. The molecule has 1 rings (SSSR count). The summed E-state index contributed by atoms with van der Waals surface area (Å²) in [5.74, 6) is -0.317. The Morgan fingerprint density at radius 2 is 1.57 bits per heavy atom. The van der Waals surface area contributed by atoms with Crippen LogP contribution in [-0.2, 0) is 9.53 Å². The Labute approximate surface area is 182 Å². The maximum Gasteiger partial charge on any atom is 0.374 e. The van der Waals surface area contributed by atoms with E-state index in [0.717, 1.165) is 12.8 Å². The summed E-state index contributed by atoms with van der Waals surface area (Å²) in [6.45, 7) is 2.74. The molecular formula is C25H41NO4. The minimum Gasteiger partial charge on any atom is -0.458 e. The third kappa shape index (κ3) is 14.9. The lowest BCUT2D eigenvalue weighted by molar-refractivity contribution is -0.121. The molecule has 0 bridgehead atoms. The average Bonchev–Trinajstić information content (AvgIpc) is 3.29. The summed E-state index contributed by atoms with van der Waals surface area (Å²) >= 11 is 0. The first-order valence-electron chi connectivity index (χ1n) is 11.9. The fourth-order valence-electron chi connectivity index (χ4n) is 3.24. The minimum absolute atomic E-state index is 0.0154. The van der Waals surface area contributed by atoms with E-state index >= 15 is 0 Å². The molecule has 0 aliphatic rings. The number of esters is 1. The Hall–Kier alpha value is -2.04. The molecule has 1 amide bonds. The van der Waals surface area contributed by atoms with Crippen molar-refractivity contribution in [3.05, 3.63) is 36.3 Å². The lowest BCUT2D eigenvalue weighted by Gasteiger charge is -2.06. The van der Waals surface area contributed by atoms with E-state index in [9.17, 15) is 9.59 Å². The van der Waals surface area contributed by atoms with Crippen LogP contribution in [0.15, 0.2) is 35.0 Å². The SMILES string of the molecule is CCCCCCCC/C=C\CCCCCCCC(=O)NCCOC(=O)c1ccco1. The third-order valence-electron chi connectivity index (χ3n) is 5.05. The summed E-state index contributed by atoms with van der Waals surface area (Å²) in [6, 6.07) is 3.18. The van der Waals surface area contributed by atoms with Gasteiger partial charge in [-0.15, -0.1) is 0 Å². The molecule has 0 spiro atoms. The van der Waals surface area contributed by atoms with Crippen molar-refractivity contribution in [1.82, 2.24) is 5.32 Å². The van der Waals surface area contributed by atoms with Gasteiger partial charge in [-0.05, 0) is 44.2 Å². The normalized spacial score (nSPS) is 11.1. The predicted molar refractivity (Wildman–Crippen MR) is 121 cm³/mol. The van der Waals surface area contributed by atoms with Gasteiger partial charge in [0.25, 0.3) is 0 Å². The quantitative estimate of drug-likeness (QED) is 0.156. The van der Waals surface area contributed by atoms with E-state index in [1.807, 2.05) is 0 Å². The van der Waals surface area contributed by atoms with Crippen molar-refractivity contribution in [2.24, 2.45) is 0 Å². The fourth-order valence-corrected chi connectivity index (χ4v) is 3.24. The summed E-state index contributed by atoms with van der Waals surface area (Å²) in [4.78, 5) is 23.3. The first-order chi connectivity index (χ1) is 14.7. The number of carbonyl (C=O) groups excluding carboxylic acids is 2. The molecule has 1 aromatic heterocycles. The van der Waals surface area contributed by atoms with Crippen LogP contribution in [0.3, 0.4) is 0 Å².